The van der Waals surface area contributed by atoms with E-state index in [9.17, 15) is 22.4 Å². The second-order valence-electron chi connectivity index (χ2n) is 10.5. The molecule has 0 spiro atoms. The molecule has 8 nitrogen and oxygen atoms in total. The van der Waals surface area contributed by atoms with Gasteiger partial charge in [-0.1, -0.05) is 74.0 Å². The van der Waals surface area contributed by atoms with E-state index in [-0.39, 0.29) is 29.5 Å². The molecule has 0 bridgehead atoms. The molecule has 4 aromatic carbocycles. The van der Waals surface area contributed by atoms with E-state index in [1.807, 2.05) is 37.3 Å². The van der Waals surface area contributed by atoms with Gasteiger partial charge in [0.15, 0.2) is 0 Å². The highest BCUT2D eigenvalue weighted by Crippen LogP contribution is 2.26. The van der Waals surface area contributed by atoms with Gasteiger partial charge in [-0.25, -0.2) is 12.8 Å². The molecule has 1 atom stereocenters. The third-order valence-corrected chi connectivity index (χ3v) is 9.13. The predicted octanol–water partition coefficient (Wildman–Crippen LogP) is 5.59. The number of hydrogen-bond acceptors (Lipinski definition) is 5. The number of para-hydroxylation sites is 1. The lowest BCUT2D eigenvalue weighted by atomic mass is 10.0. The first kappa shape index (κ1) is 33.2. The van der Waals surface area contributed by atoms with Gasteiger partial charge < -0.3 is 15.0 Å². The van der Waals surface area contributed by atoms with Gasteiger partial charge in [-0.05, 0) is 66.1 Å². The second kappa shape index (κ2) is 15.9. The molecule has 0 aliphatic rings. The van der Waals surface area contributed by atoms with Crippen molar-refractivity contribution in [2.45, 2.75) is 43.7 Å². The average Bonchev–Trinajstić information content (AvgIpc) is 3.06. The maximum Gasteiger partial charge on any atom is 0.264 e. The van der Waals surface area contributed by atoms with E-state index in [0.29, 0.717) is 17.9 Å². The Kier molecular flexibility index (Phi) is 11.7. The molecule has 2 amide bonds. The normalized spacial score (nSPS) is 11.8. The number of methoxy groups -OCH3 is 1. The number of sulfonamides is 1. The largest absolute Gasteiger partial charge is 0.497 e. The molecule has 0 aliphatic heterocycles. The first-order valence-electron chi connectivity index (χ1n) is 14.8. The lowest BCUT2D eigenvalue weighted by Gasteiger charge is -2.34. The SMILES string of the molecule is CCCCNC(=O)[C@@H](Cc1ccccc1)N(Cc1ccc(F)cc1)C(=O)CN(c1ccccc1)S(=O)(=O)c1ccc(OC)cc1. The van der Waals surface area contributed by atoms with Gasteiger partial charge in [0.25, 0.3) is 10.0 Å². The maximum atomic E-state index is 14.4. The standard InChI is InChI=1S/C35H38FN3O5S/c1-3-4-23-37-35(41)33(24-27-11-7-5-8-12-27)38(25-28-15-17-29(36)18-16-28)34(40)26-39(30-13-9-6-10-14-30)45(42,43)32-21-19-31(44-2)20-22-32/h5-22,33H,3-4,23-26H2,1-2H3,(H,37,41)/t33-/m1/s1. The number of carbonyl (C=O) groups excluding carboxylic acids is 2. The summed E-state index contributed by atoms with van der Waals surface area (Å²) in [6.07, 6.45) is 1.83. The Hall–Kier alpha value is -4.70. The van der Waals surface area contributed by atoms with Gasteiger partial charge >= 0.3 is 0 Å². The van der Waals surface area contributed by atoms with Crippen LogP contribution >= 0.6 is 0 Å². The highest BCUT2D eigenvalue weighted by atomic mass is 32.2. The van der Waals surface area contributed by atoms with Crippen molar-refractivity contribution in [1.82, 2.24) is 10.2 Å². The fraction of sp³-hybridized carbons (Fsp3) is 0.257. The van der Waals surface area contributed by atoms with Crippen LogP contribution in [0.1, 0.15) is 30.9 Å². The Labute approximate surface area is 264 Å². The Morgan fingerprint density at radius 1 is 0.844 bits per heavy atom. The molecule has 1 N–H and O–H groups in total. The monoisotopic (exact) mass is 631 g/mol. The van der Waals surface area contributed by atoms with Crippen molar-refractivity contribution < 1.29 is 27.1 Å². The summed E-state index contributed by atoms with van der Waals surface area (Å²) in [7, 11) is -2.74. The van der Waals surface area contributed by atoms with Gasteiger partial charge in [0.2, 0.25) is 11.8 Å². The Morgan fingerprint density at radius 3 is 2.07 bits per heavy atom. The van der Waals surface area contributed by atoms with Gasteiger partial charge in [0.05, 0.1) is 17.7 Å². The van der Waals surface area contributed by atoms with Crippen LogP contribution in [0.5, 0.6) is 5.75 Å². The summed E-state index contributed by atoms with van der Waals surface area (Å²) in [6, 6.07) is 28.3. The van der Waals surface area contributed by atoms with Crippen molar-refractivity contribution in [3.05, 3.63) is 126 Å². The first-order valence-corrected chi connectivity index (χ1v) is 16.2. The molecule has 0 aliphatic carbocycles. The Bertz CT molecular complexity index is 1630. The number of ether oxygens (including phenoxy) is 1. The van der Waals surface area contributed by atoms with Crippen LogP contribution in [0.15, 0.2) is 114 Å². The summed E-state index contributed by atoms with van der Waals surface area (Å²) in [4.78, 5) is 29.5. The Balaban J connectivity index is 1.76. The molecule has 0 aromatic heterocycles. The van der Waals surface area contributed by atoms with Crippen molar-refractivity contribution >= 4 is 27.5 Å². The van der Waals surface area contributed by atoms with Crippen molar-refractivity contribution in [3.8, 4) is 5.75 Å². The van der Waals surface area contributed by atoms with Gasteiger partial charge in [0.1, 0.15) is 24.2 Å². The van der Waals surface area contributed by atoms with Crippen LogP contribution in [0, 0.1) is 5.82 Å². The molecule has 236 valence electrons. The maximum absolute atomic E-state index is 14.4. The number of amides is 2. The molecular weight excluding hydrogens is 593 g/mol. The van der Waals surface area contributed by atoms with E-state index < -0.39 is 34.3 Å². The molecule has 0 radical (unpaired) electrons. The van der Waals surface area contributed by atoms with E-state index in [2.05, 4.69) is 5.32 Å². The summed E-state index contributed by atoms with van der Waals surface area (Å²) >= 11 is 0. The van der Waals surface area contributed by atoms with Crippen LogP contribution in [0.25, 0.3) is 0 Å². The second-order valence-corrected chi connectivity index (χ2v) is 12.4. The number of halogens is 1. The van der Waals surface area contributed by atoms with Crippen LogP contribution < -0.4 is 14.4 Å². The van der Waals surface area contributed by atoms with Crippen molar-refractivity contribution in [3.63, 3.8) is 0 Å². The lowest BCUT2D eigenvalue weighted by molar-refractivity contribution is -0.140. The molecule has 0 saturated heterocycles. The summed E-state index contributed by atoms with van der Waals surface area (Å²) in [5.74, 6) is -0.894. The smallest absolute Gasteiger partial charge is 0.264 e. The molecule has 0 heterocycles. The van der Waals surface area contributed by atoms with Gasteiger partial charge in [-0.2, -0.15) is 0 Å². The van der Waals surface area contributed by atoms with Gasteiger partial charge in [-0.3, -0.25) is 13.9 Å². The fourth-order valence-corrected chi connectivity index (χ4v) is 6.26. The summed E-state index contributed by atoms with van der Waals surface area (Å²) in [6.45, 7) is 1.83. The number of unbranched alkanes of at least 4 members (excludes halogenated alkanes) is 1. The molecule has 4 rings (SSSR count). The van der Waals surface area contributed by atoms with Crippen LogP contribution in [-0.4, -0.2) is 51.4 Å². The van der Waals surface area contributed by atoms with Crippen molar-refractivity contribution in [2.75, 3.05) is 24.5 Å². The molecule has 45 heavy (non-hydrogen) atoms. The number of anilines is 1. The van der Waals surface area contributed by atoms with Crippen LogP contribution in [0.3, 0.4) is 0 Å². The number of nitrogens with zero attached hydrogens (tertiary/aromatic N) is 2. The third-order valence-electron chi connectivity index (χ3n) is 7.34. The average molecular weight is 632 g/mol. The summed E-state index contributed by atoms with van der Waals surface area (Å²) in [5, 5.41) is 2.95. The Morgan fingerprint density at radius 2 is 1.47 bits per heavy atom. The van der Waals surface area contributed by atoms with Gasteiger partial charge in [-0.15, -0.1) is 0 Å². The first-order chi connectivity index (χ1) is 21.7. The third kappa shape index (κ3) is 8.92. The van der Waals surface area contributed by atoms with E-state index >= 15 is 0 Å². The topological polar surface area (TPSA) is 96.0 Å². The highest BCUT2D eigenvalue weighted by molar-refractivity contribution is 7.92. The van der Waals surface area contributed by atoms with Crippen LogP contribution in [0.4, 0.5) is 10.1 Å². The van der Waals surface area contributed by atoms with Crippen LogP contribution in [-0.2, 0) is 32.6 Å². The number of benzene rings is 4. The van der Waals surface area contributed by atoms with Crippen molar-refractivity contribution in [1.29, 1.82) is 0 Å². The number of rotatable bonds is 15. The van der Waals surface area contributed by atoms with Gasteiger partial charge in [0, 0.05) is 19.5 Å². The zero-order valence-corrected chi connectivity index (χ0v) is 26.3. The fourth-order valence-electron chi connectivity index (χ4n) is 4.84. The minimum Gasteiger partial charge on any atom is -0.497 e. The highest BCUT2D eigenvalue weighted by Gasteiger charge is 2.34. The lowest BCUT2D eigenvalue weighted by Crippen LogP contribution is -2.53. The minimum atomic E-state index is -4.23. The zero-order valence-electron chi connectivity index (χ0n) is 25.4. The van der Waals surface area contributed by atoms with E-state index in [1.165, 1.54) is 48.4 Å². The molecule has 0 saturated carbocycles. The van der Waals surface area contributed by atoms with E-state index in [4.69, 9.17) is 4.74 Å². The summed E-state index contributed by atoms with van der Waals surface area (Å²) < 4.78 is 48.1. The van der Waals surface area contributed by atoms with E-state index in [0.717, 1.165) is 22.7 Å². The van der Waals surface area contributed by atoms with Crippen LogP contribution in [0.2, 0.25) is 0 Å². The molecule has 10 heteroatoms. The molecular formula is C35H38FN3O5S. The number of carbonyl (C=O) groups is 2. The number of nitrogens with one attached hydrogen (secondary N) is 1. The zero-order chi connectivity index (χ0) is 32.2. The molecule has 0 unspecified atom stereocenters. The summed E-state index contributed by atoms with van der Waals surface area (Å²) in [5.41, 5.74) is 1.71. The molecule has 4 aromatic rings. The minimum absolute atomic E-state index is 0.0248. The predicted molar refractivity (Wildman–Crippen MR) is 173 cm³/mol. The number of hydrogen-bond donors (Lipinski definition) is 1. The van der Waals surface area contributed by atoms with Crippen molar-refractivity contribution in [2.24, 2.45) is 0 Å². The molecule has 0 fully saturated rings. The van der Waals surface area contributed by atoms with E-state index in [1.54, 1.807) is 42.5 Å². The quantitative estimate of drug-likeness (QED) is 0.173.